The number of nitrogens with zero attached hydrogens (tertiary/aromatic N) is 1. The molecule has 0 spiro atoms. The van der Waals surface area contributed by atoms with Crippen LogP contribution in [0.2, 0.25) is 0 Å². The summed E-state index contributed by atoms with van der Waals surface area (Å²) in [7, 11) is -3.79. The number of benzene rings is 1. The average Bonchev–Trinajstić information content (AvgIpc) is 2.53. The molecule has 0 aliphatic carbocycles. The van der Waals surface area contributed by atoms with Crippen molar-refractivity contribution in [3.63, 3.8) is 0 Å². The van der Waals surface area contributed by atoms with Gasteiger partial charge in [0.15, 0.2) is 0 Å². The van der Waals surface area contributed by atoms with Gasteiger partial charge in [0.1, 0.15) is 0 Å². The highest BCUT2D eigenvalue weighted by molar-refractivity contribution is 7.86. The minimum atomic E-state index is -3.79. The Kier molecular flexibility index (Phi) is 4.70. The monoisotopic (exact) mass is 339 g/mol. The summed E-state index contributed by atoms with van der Waals surface area (Å²) < 4.78 is 32.0. The molecule has 0 N–H and O–H groups in total. The first kappa shape index (κ1) is 16.4. The van der Waals surface area contributed by atoms with Crippen molar-refractivity contribution < 1.29 is 22.1 Å². The zero-order chi connectivity index (χ0) is 16.4. The molecule has 1 saturated heterocycles. The van der Waals surface area contributed by atoms with Crippen LogP contribution in [0.15, 0.2) is 18.2 Å². The number of hydrogen-bond acceptors (Lipinski definition) is 6. The van der Waals surface area contributed by atoms with Crippen LogP contribution in [0.5, 0.6) is 0 Å². The zero-order valence-electron chi connectivity index (χ0n) is 13.2. The Labute approximate surface area is 136 Å². The Hall–Kier alpha value is -1.44. The van der Waals surface area contributed by atoms with Crippen LogP contribution in [-0.2, 0) is 32.0 Å². The molecule has 6 nitrogen and oxygen atoms in total. The van der Waals surface area contributed by atoms with E-state index in [0.29, 0.717) is 6.04 Å². The van der Waals surface area contributed by atoms with Crippen molar-refractivity contribution in [1.29, 1.82) is 0 Å². The average molecular weight is 339 g/mol. The van der Waals surface area contributed by atoms with Crippen molar-refractivity contribution in [3.8, 4) is 0 Å². The van der Waals surface area contributed by atoms with Gasteiger partial charge in [0.2, 0.25) is 0 Å². The molecule has 0 saturated carbocycles. The molecule has 0 atom stereocenters. The number of rotatable bonds is 3. The van der Waals surface area contributed by atoms with Gasteiger partial charge in [0.05, 0.1) is 11.8 Å². The summed E-state index contributed by atoms with van der Waals surface area (Å²) in [5.41, 5.74) is 2.57. The van der Waals surface area contributed by atoms with Crippen LogP contribution in [0.4, 0.5) is 0 Å². The minimum Gasteiger partial charge on any atom is -0.381 e. The Morgan fingerprint density at radius 1 is 1.26 bits per heavy atom. The van der Waals surface area contributed by atoms with Crippen molar-refractivity contribution in [1.82, 2.24) is 4.90 Å². The molecule has 0 radical (unpaired) electrons. The molecule has 0 bridgehead atoms. The van der Waals surface area contributed by atoms with Crippen LogP contribution in [0.25, 0.3) is 0 Å². The standard InChI is InChI=1S/C16H21NO5S/c1-23(19,20)22-16(18)13-2-3-14-11-17(7-4-12(14)10-13)15-5-8-21-9-6-15/h2-3,10,15H,4-9,11H2,1H3. The normalized spacial score (nSPS) is 20.0. The van der Waals surface area contributed by atoms with Crippen molar-refractivity contribution >= 4 is 16.1 Å². The van der Waals surface area contributed by atoms with Crippen LogP contribution >= 0.6 is 0 Å². The van der Waals surface area contributed by atoms with Crippen LogP contribution < -0.4 is 0 Å². The second kappa shape index (κ2) is 6.59. The third-order valence-corrected chi connectivity index (χ3v) is 4.87. The molecule has 126 valence electrons. The lowest BCUT2D eigenvalue weighted by atomic mass is 9.95. The molecular formula is C16H21NO5S. The lowest BCUT2D eigenvalue weighted by molar-refractivity contribution is 0.0290. The summed E-state index contributed by atoms with van der Waals surface area (Å²) in [4.78, 5) is 14.3. The zero-order valence-corrected chi connectivity index (χ0v) is 14.0. The van der Waals surface area contributed by atoms with E-state index >= 15 is 0 Å². The van der Waals surface area contributed by atoms with Gasteiger partial charge < -0.3 is 8.92 Å². The number of carbonyl (C=O) groups is 1. The van der Waals surface area contributed by atoms with E-state index in [4.69, 9.17) is 4.74 Å². The van der Waals surface area contributed by atoms with E-state index < -0.39 is 16.1 Å². The molecule has 0 aromatic heterocycles. The molecular weight excluding hydrogens is 318 g/mol. The van der Waals surface area contributed by atoms with Gasteiger partial charge in [-0.15, -0.1) is 0 Å². The fourth-order valence-electron chi connectivity index (χ4n) is 3.25. The molecule has 3 rings (SSSR count). The summed E-state index contributed by atoms with van der Waals surface area (Å²) >= 11 is 0. The van der Waals surface area contributed by atoms with Gasteiger partial charge >= 0.3 is 16.1 Å². The number of hydrogen-bond donors (Lipinski definition) is 0. The molecule has 2 aliphatic rings. The van der Waals surface area contributed by atoms with Crippen LogP contribution in [0.3, 0.4) is 0 Å². The molecule has 1 fully saturated rings. The number of fused-ring (bicyclic) bond motifs is 1. The van der Waals surface area contributed by atoms with E-state index in [1.807, 2.05) is 6.07 Å². The summed E-state index contributed by atoms with van der Waals surface area (Å²) in [6.45, 7) is 3.46. The van der Waals surface area contributed by atoms with Crippen molar-refractivity contribution in [3.05, 3.63) is 34.9 Å². The predicted octanol–water partition coefficient (Wildman–Crippen LogP) is 1.34. The van der Waals surface area contributed by atoms with Gasteiger partial charge in [0.25, 0.3) is 0 Å². The van der Waals surface area contributed by atoms with Gasteiger partial charge in [-0.1, -0.05) is 6.07 Å². The Bertz CT molecular complexity index is 694. The van der Waals surface area contributed by atoms with E-state index in [0.717, 1.165) is 57.4 Å². The molecule has 0 unspecified atom stereocenters. The van der Waals surface area contributed by atoms with Gasteiger partial charge in [-0.25, -0.2) is 4.79 Å². The fourth-order valence-corrected chi connectivity index (χ4v) is 3.62. The summed E-state index contributed by atoms with van der Waals surface area (Å²) in [6.07, 6.45) is 3.85. The van der Waals surface area contributed by atoms with Crippen LogP contribution in [0, 0.1) is 0 Å². The third kappa shape index (κ3) is 4.10. The SMILES string of the molecule is CS(=O)(=O)OC(=O)c1ccc2c(c1)CCN(C1CCOCC1)C2. The molecule has 0 amide bonds. The molecule has 23 heavy (non-hydrogen) atoms. The van der Waals surface area contributed by atoms with Crippen molar-refractivity contribution in [2.45, 2.75) is 31.8 Å². The minimum absolute atomic E-state index is 0.286. The summed E-state index contributed by atoms with van der Waals surface area (Å²) in [5.74, 6) is -0.817. The maximum atomic E-state index is 11.8. The van der Waals surface area contributed by atoms with E-state index in [2.05, 4.69) is 9.08 Å². The molecule has 2 heterocycles. The first-order chi connectivity index (χ1) is 10.9. The number of ether oxygens (including phenoxy) is 1. The highest BCUT2D eigenvalue weighted by Gasteiger charge is 2.26. The van der Waals surface area contributed by atoms with Crippen LogP contribution in [-0.4, -0.2) is 51.3 Å². The summed E-state index contributed by atoms with van der Waals surface area (Å²) in [5, 5.41) is 0. The Balaban J connectivity index is 1.72. The maximum Gasteiger partial charge on any atom is 0.353 e. The fraction of sp³-hybridized carbons (Fsp3) is 0.562. The van der Waals surface area contributed by atoms with Gasteiger partial charge in [-0.3, -0.25) is 4.90 Å². The Morgan fingerprint density at radius 3 is 2.70 bits per heavy atom. The first-order valence-corrected chi connectivity index (χ1v) is 9.61. The Morgan fingerprint density at radius 2 is 2.00 bits per heavy atom. The quantitative estimate of drug-likeness (QED) is 0.774. The van der Waals surface area contributed by atoms with Crippen molar-refractivity contribution in [2.24, 2.45) is 0 Å². The molecule has 1 aromatic carbocycles. The third-order valence-electron chi connectivity index (χ3n) is 4.42. The second-order valence-corrected chi connectivity index (χ2v) is 7.70. The highest BCUT2D eigenvalue weighted by atomic mass is 32.2. The lowest BCUT2D eigenvalue weighted by Gasteiger charge is -2.37. The van der Waals surface area contributed by atoms with Crippen LogP contribution in [0.1, 0.15) is 34.3 Å². The molecule has 7 heteroatoms. The highest BCUT2D eigenvalue weighted by Crippen LogP contribution is 2.25. The largest absolute Gasteiger partial charge is 0.381 e. The van der Waals surface area contributed by atoms with Crippen molar-refractivity contribution in [2.75, 3.05) is 26.0 Å². The predicted molar refractivity (Wildman–Crippen MR) is 84.7 cm³/mol. The van der Waals surface area contributed by atoms with E-state index in [1.165, 1.54) is 5.56 Å². The second-order valence-electron chi connectivity index (χ2n) is 6.12. The first-order valence-electron chi connectivity index (χ1n) is 7.80. The molecule has 1 aromatic rings. The van der Waals surface area contributed by atoms with E-state index in [-0.39, 0.29) is 5.56 Å². The van der Waals surface area contributed by atoms with Gasteiger partial charge in [-0.2, -0.15) is 8.42 Å². The van der Waals surface area contributed by atoms with Gasteiger partial charge in [-0.05, 0) is 42.5 Å². The van der Waals surface area contributed by atoms with E-state index in [9.17, 15) is 13.2 Å². The summed E-state index contributed by atoms with van der Waals surface area (Å²) in [6, 6.07) is 5.86. The number of carbonyl (C=O) groups excluding carboxylic acids is 1. The van der Waals surface area contributed by atoms with E-state index in [1.54, 1.807) is 12.1 Å². The lowest BCUT2D eigenvalue weighted by Crippen LogP contribution is -2.42. The maximum absolute atomic E-state index is 11.8. The topological polar surface area (TPSA) is 72.9 Å². The van der Waals surface area contributed by atoms with Gasteiger partial charge in [0, 0.05) is 32.3 Å². The smallest absolute Gasteiger partial charge is 0.353 e. The molecule has 2 aliphatic heterocycles.